The number of rotatable bonds is 37. The molecule has 0 aliphatic heterocycles. The van der Waals surface area contributed by atoms with E-state index in [1.54, 1.807) is 0 Å². The van der Waals surface area contributed by atoms with Crippen LogP contribution >= 0.6 is 0 Å². The van der Waals surface area contributed by atoms with E-state index in [1.807, 2.05) is 0 Å². The molecule has 0 saturated heterocycles. The number of hydrogen-bond donors (Lipinski definition) is 0. The van der Waals surface area contributed by atoms with Crippen molar-refractivity contribution < 1.29 is 19.1 Å². The first-order chi connectivity index (χ1) is 22.6. The number of unbranched alkanes of at least 4 members (excludes halogenated alkanes) is 20. The van der Waals surface area contributed by atoms with Gasteiger partial charge in [-0.1, -0.05) is 143 Å². The highest BCUT2D eigenvalue weighted by Gasteiger charge is 2.14. The Morgan fingerprint density at radius 1 is 0.435 bits per heavy atom. The van der Waals surface area contributed by atoms with E-state index in [9.17, 15) is 9.59 Å². The molecule has 0 aromatic heterocycles. The van der Waals surface area contributed by atoms with Crippen molar-refractivity contribution in [1.82, 2.24) is 4.90 Å². The Kier molecular flexibility index (Phi) is 35.9. The fraction of sp³-hybridized carbons (Fsp3) is 0.951. The van der Waals surface area contributed by atoms with Crippen LogP contribution in [0.3, 0.4) is 0 Å². The van der Waals surface area contributed by atoms with Gasteiger partial charge >= 0.3 is 11.9 Å². The summed E-state index contributed by atoms with van der Waals surface area (Å²) in [5, 5.41) is 0. The van der Waals surface area contributed by atoms with Gasteiger partial charge in [-0.2, -0.15) is 0 Å². The SMILES string of the molecule is CCCCCCCCC(CCCCCCCC)OC(=O)CCCCCCN(CCC)CCCCCCC(=O)OCCCCCCC. The normalized spacial score (nSPS) is 11.5. The van der Waals surface area contributed by atoms with Gasteiger partial charge in [-0.25, -0.2) is 0 Å². The van der Waals surface area contributed by atoms with Gasteiger partial charge in [0.25, 0.3) is 0 Å². The van der Waals surface area contributed by atoms with Crippen molar-refractivity contribution in [1.29, 1.82) is 0 Å². The summed E-state index contributed by atoms with van der Waals surface area (Å²) in [5.41, 5.74) is 0. The molecular weight excluding hydrogens is 570 g/mol. The van der Waals surface area contributed by atoms with E-state index in [0.717, 1.165) is 64.6 Å². The summed E-state index contributed by atoms with van der Waals surface area (Å²) in [6, 6.07) is 0. The van der Waals surface area contributed by atoms with Crippen molar-refractivity contribution in [3.8, 4) is 0 Å². The standard InChI is InChI=1S/C41H81NO4/c1-5-9-12-15-17-24-31-39(32-25-18-16-13-10-6-2)46-41(44)34-27-20-22-29-37-42(35-8-4)36-28-21-19-26-33-40(43)45-38-30-23-14-11-7-3/h39H,5-38H2,1-4H3. The van der Waals surface area contributed by atoms with Gasteiger partial charge in [0.1, 0.15) is 6.10 Å². The minimum atomic E-state index is -0.0162. The van der Waals surface area contributed by atoms with Gasteiger partial charge in [-0.05, 0) is 83.8 Å². The smallest absolute Gasteiger partial charge is 0.306 e. The molecule has 0 saturated carbocycles. The van der Waals surface area contributed by atoms with E-state index >= 15 is 0 Å². The van der Waals surface area contributed by atoms with Crippen LogP contribution < -0.4 is 0 Å². The van der Waals surface area contributed by atoms with Crippen LogP contribution in [0.5, 0.6) is 0 Å². The Morgan fingerprint density at radius 2 is 0.848 bits per heavy atom. The third kappa shape index (κ3) is 32.8. The van der Waals surface area contributed by atoms with Crippen LogP contribution in [0.15, 0.2) is 0 Å². The molecule has 0 aliphatic rings. The molecule has 46 heavy (non-hydrogen) atoms. The lowest BCUT2D eigenvalue weighted by Gasteiger charge is -2.21. The first-order valence-corrected chi connectivity index (χ1v) is 20.6. The van der Waals surface area contributed by atoms with Gasteiger partial charge < -0.3 is 14.4 Å². The molecule has 5 nitrogen and oxygen atoms in total. The molecule has 0 N–H and O–H groups in total. The molecule has 0 radical (unpaired) electrons. The highest BCUT2D eigenvalue weighted by atomic mass is 16.5. The van der Waals surface area contributed by atoms with Gasteiger partial charge in [-0.3, -0.25) is 9.59 Å². The topological polar surface area (TPSA) is 55.8 Å². The highest BCUT2D eigenvalue weighted by molar-refractivity contribution is 5.69. The molecule has 274 valence electrons. The first-order valence-electron chi connectivity index (χ1n) is 20.6. The third-order valence-electron chi connectivity index (χ3n) is 9.32. The van der Waals surface area contributed by atoms with Crippen molar-refractivity contribution in [2.45, 2.75) is 226 Å². The number of carbonyl (C=O) groups is 2. The average molecular weight is 652 g/mol. The van der Waals surface area contributed by atoms with E-state index in [0.29, 0.717) is 19.4 Å². The molecule has 0 rings (SSSR count). The van der Waals surface area contributed by atoms with Crippen LogP contribution in [-0.2, 0) is 19.1 Å². The molecule has 0 amide bonds. The van der Waals surface area contributed by atoms with Crippen LogP contribution in [0.1, 0.15) is 220 Å². The molecular formula is C41H81NO4. The Balaban J connectivity index is 4.04. The van der Waals surface area contributed by atoms with Crippen molar-refractivity contribution >= 4 is 11.9 Å². The zero-order valence-electron chi connectivity index (χ0n) is 31.7. The molecule has 0 unspecified atom stereocenters. The highest BCUT2D eigenvalue weighted by Crippen LogP contribution is 2.18. The molecule has 5 heteroatoms. The predicted octanol–water partition coefficient (Wildman–Crippen LogP) is 12.5. The summed E-state index contributed by atoms with van der Waals surface area (Å²) < 4.78 is 11.4. The van der Waals surface area contributed by atoms with E-state index in [4.69, 9.17) is 9.47 Å². The largest absolute Gasteiger partial charge is 0.466 e. The number of ether oxygens (including phenoxy) is 2. The molecule has 0 aromatic rings. The van der Waals surface area contributed by atoms with E-state index in [1.165, 1.54) is 135 Å². The maximum absolute atomic E-state index is 12.7. The second kappa shape index (κ2) is 36.7. The minimum Gasteiger partial charge on any atom is -0.466 e. The lowest BCUT2D eigenvalue weighted by molar-refractivity contribution is -0.150. The molecule has 0 atom stereocenters. The van der Waals surface area contributed by atoms with Crippen molar-refractivity contribution in [2.75, 3.05) is 26.2 Å². The van der Waals surface area contributed by atoms with Gasteiger partial charge in [0.05, 0.1) is 6.61 Å². The van der Waals surface area contributed by atoms with E-state index in [-0.39, 0.29) is 18.0 Å². The quantitative estimate of drug-likeness (QED) is 0.0494. The second-order valence-corrected chi connectivity index (χ2v) is 14.0. The molecule has 0 bridgehead atoms. The van der Waals surface area contributed by atoms with Crippen LogP contribution in [0.4, 0.5) is 0 Å². The zero-order chi connectivity index (χ0) is 33.8. The van der Waals surface area contributed by atoms with Gasteiger partial charge in [0.15, 0.2) is 0 Å². The molecule has 0 aromatic carbocycles. The maximum atomic E-state index is 12.7. The maximum Gasteiger partial charge on any atom is 0.306 e. The summed E-state index contributed by atoms with van der Waals surface area (Å²) in [4.78, 5) is 27.2. The first kappa shape index (κ1) is 44.9. The van der Waals surface area contributed by atoms with E-state index in [2.05, 4.69) is 32.6 Å². The molecule has 0 aliphatic carbocycles. The summed E-state index contributed by atoms with van der Waals surface area (Å²) in [6.07, 6.45) is 34.9. The minimum absolute atomic E-state index is 0.0162. The lowest BCUT2D eigenvalue weighted by Crippen LogP contribution is -2.27. The van der Waals surface area contributed by atoms with Crippen molar-refractivity contribution in [3.63, 3.8) is 0 Å². The molecule has 0 fully saturated rings. The summed E-state index contributed by atoms with van der Waals surface area (Å²) >= 11 is 0. The van der Waals surface area contributed by atoms with Crippen LogP contribution in [0.2, 0.25) is 0 Å². The van der Waals surface area contributed by atoms with Crippen LogP contribution in [-0.4, -0.2) is 49.2 Å². The Bertz CT molecular complexity index is 624. The molecule has 0 heterocycles. The Morgan fingerprint density at radius 3 is 1.35 bits per heavy atom. The van der Waals surface area contributed by atoms with Crippen molar-refractivity contribution in [2.24, 2.45) is 0 Å². The summed E-state index contributed by atoms with van der Waals surface area (Å²) in [6.45, 7) is 13.1. The van der Waals surface area contributed by atoms with Crippen molar-refractivity contribution in [3.05, 3.63) is 0 Å². The summed E-state index contributed by atoms with van der Waals surface area (Å²) in [5.74, 6) is 0.0164. The number of carbonyl (C=O) groups excluding carboxylic acids is 2. The summed E-state index contributed by atoms with van der Waals surface area (Å²) in [7, 11) is 0. The van der Waals surface area contributed by atoms with Gasteiger partial charge in [-0.15, -0.1) is 0 Å². The second-order valence-electron chi connectivity index (χ2n) is 14.0. The fourth-order valence-corrected chi connectivity index (χ4v) is 6.34. The van der Waals surface area contributed by atoms with E-state index < -0.39 is 0 Å². The fourth-order valence-electron chi connectivity index (χ4n) is 6.34. The monoisotopic (exact) mass is 652 g/mol. The van der Waals surface area contributed by atoms with Gasteiger partial charge in [0, 0.05) is 12.8 Å². The lowest BCUT2D eigenvalue weighted by atomic mass is 10.0. The van der Waals surface area contributed by atoms with Gasteiger partial charge in [0.2, 0.25) is 0 Å². The Labute approximate surface area is 288 Å². The van der Waals surface area contributed by atoms with Crippen LogP contribution in [0.25, 0.3) is 0 Å². The molecule has 0 spiro atoms. The Hall–Kier alpha value is -1.10. The van der Waals surface area contributed by atoms with Crippen LogP contribution in [0, 0.1) is 0 Å². The number of esters is 2. The zero-order valence-corrected chi connectivity index (χ0v) is 31.7. The predicted molar refractivity (Wildman–Crippen MR) is 198 cm³/mol. The number of hydrogen-bond acceptors (Lipinski definition) is 5. The third-order valence-corrected chi connectivity index (χ3v) is 9.32. The average Bonchev–Trinajstić information content (AvgIpc) is 3.05. The number of nitrogens with zero attached hydrogens (tertiary/aromatic N) is 1.